The Morgan fingerprint density at radius 2 is 1.58 bits per heavy atom. The summed E-state index contributed by atoms with van der Waals surface area (Å²) in [6.07, 6.45) is 4.10. The number of rotatable bonds is 2. The van der Waals surface area contributed by atoms with Gasteiger partial charge < -0.3 is 10.6 Å². The second kappa shape index (κ2) is 6.67. The van der Waals surface area contributed by atoms with Crippen LogP contribution in [0.5, 0.6) is 0 Å². The van der Waals surface area contributed by atoms with Crippen molar-refractivity contribution in [3.63, 3.8) is 0 Å². The van der Waals surface area contributed by atoms with Gasteiger partial charge in [0.25, 0.3) is 0 Å². The fourth-order valence-corrected chi connectivity index (χ4v) is 3.84. The van der Waals surface area contributed by atoms with Crippen LogP contribution in [0.3, 0.4) is 0 Å². The van der Waals surface area contributed by atoms with E-state index >= 15 is 0 Å². The number of nitrogens with one attached hydrogen (secondary N) is 3. The van der Waals surface area contributed by atoms with Crippen LogP contribution in [-0.2, 0) is 0 Å². The molecular weight excluding hydrogens is 412 g/mol. The molecule has 26 heavy (non-hydrogen) atoms. The van der Waals surface area contributed by atoms with E-state index in [0.717, 1.165) is 16.6 Å². The highest BCUT2D eigenvalue weighted by molar-refractivity contribution is 6.52. The van der Waals surface area contributed by atoms with Gasteiger partial charge in [0.1, 0.15) is 0 Å². The summed E-state index contributed by atoms with van der Waals surface area (Å²) in [6, 6.07) is 11.7. The van der Waals surface area contributed by atoms with E-state index in [1.165, 1.54) is 17.0 Å². The molecule has 0 aliphatic heterocycles. The Morgan fingerprint density at radius 3 is 2.38 bits per heavy atom. The number of benzene rings is 3. The van der Waals surface area contributed by atoms with Crippen molar-refractivity contribution in [1.29, 1.82) is 5.41 Å². The molecule has 0 radical (unpaired) electrons. The zero-order valence-electron chi connectivity index (χ0n) is 13.1. The van der Waals surface area contributed by atoms with Gasteiger partial charge in [0.15, 0.2) is 5.96 Å². The predicted octanol–water partition coefficient (Wildman–Crippen LogP) is 7.40. The molecule has 7 heteroatoms. The third-order valence-electron chi connectivity index (χ3n) is 4.17. The van der Waals surface area contributed by atoms with E-state index in [1.807, 2.05) is 24.3 Å². The minimum absolute atomic E-state index is 0.0368. The van der Waals surface area contributed by atoms with Crippen LogP contribution in [-0.4, -0.2) is 5.96 Å². The van der Waals surface area contributed by atoms with Gasteiger partial charge >= 0.3 is 0 Å². The van der Waals surface area contributed by atoms with Gasteiger partial charge in [-0.3, -0.25) is 5.41 Å². The third-order valence-corrected chi connectivity index (χ3v) is 5.92. The monoisotopic (exact) mass is 421 g/mol. The van der Waals surface area contributed by atoms with Crippen molar-refractivity contribution in [2.75, 3.05) is 10.6 Å². The van der Waals surface area contributed by atoms with E-state index in [2.05, 4.69) is 28.8 Å². The molecule has 3 aromatic rings. The van der Waals surface area contributed by atoms with Gasteiger partial charge in [-0.15, -0.1) is 0 Å². The molecule has 3 N–H and O–H groups in total. The van der Waals surface area contributed by atoms with Gasteiger partial charge in [-0.05, 0) is 28.5 Å². The zero-order chi connectivity index (χ0) is 18.4. The molecule has 0 saturated heterocycles. The first kappa shape index (κ1) is 17.5. The Balaban J connectivity index is 1.63. The van der Waals surface area contributed by atoms with E-state index < -0.39 is 0 Å². The Labute approximate surface area is 170 Å². The normalized spacial score (nSPS) is 11.8. The number of anilines is 2. The number of guanidine groups is 1. The topological polar surface area (TPSA) is 47.9 Å². The van der Waals surface area contributed by atoms with Crippen LogP contribution < -0.4 is 10.6 Å². The maximum Gasteiger partial charge on any atom is 0.197 e. The number of hydrogen-bond acceptors (Lipinski definition) is 1. The molecule has 0 spiro atoms. The van der Waals surface area contributed by atoms with E-state index in [0.29, 0.717) is 5.69 Å². The van der Waals surface area contributed by atoms with Crippen molar-refractivity contribution in [1.82, 2.24) is 0 Å². The Morgan fingerprint density at radius 1 is 0.808 bits per heavy atom. The lowest BCUT2D eigenvalue weighted by Crippen LogP contribution is -2.21. The molecule has 0 aromatic heterocycles. The minimum Gasteiger partial charge on any atom is -0.326 e. The maximum absolute atomic E-state index is 8.23. The number of hydrogen-bond donors (Lipinski definition) is 3. The molecule has 1 aliphatic rings. The minimum atomic E-state index is 0.0368. The summed E-state index contributed by atoms with van der Waals surface area (Å²) in [6.45, 7) is 0. The summed E-state index contributed by atoms with van der Waals surface area (Å²) in [4.78, 5) is 0. The molecule has 130 valence electrons. The van der Waals surface area contributed by atoms with Gasteiger partial charge in [-0.2, -0.15) is 0 Å². The van der Waals surface area contributed by atoms with Crippen molar-refractivity contribution >= 4 is 86.7 Å². The summed E-state index contributed by atoms with van der Waals surface area (Å²) < 4.78 is 0. The fourth-order valence-electron chi connectivity index (χ4n) is 2.99. The van der Waals surface area contributed by atoms with Gasteiger partial charge in [-0.25, -0.2) is 0 Å². The van der Waals surface area contributed by atoms with Crippen LogP contribution >= 0.6 is 46.4 Å². The SMILES string of the molecule is N=C(Nc1cc(Cl)c(Cl)c(Cl)c1Cl)Nc1ccc2cccc3c2c1C=C3. The van der Waals surface area contributed by atoms with Crippen LogP contribution in [0.15, 0.2) is 36.4 Å². The van der Waals surface area contributed by atoms with Crippen molar-refractivity contribution in [2.24, 2.45) is 0 Å². The average molecular weight is 423 g/mol. The molecule has 0 heterocycles. The van der Waals surface area contributed by atoms with Crippen LogP contribution in [0, 0.1) is 5.41 Å². The van der Waals surface area contributed by atoms with Crippen LogP contribution in [0.4, 0.5) is 11.4 Å². The van der Waals surface area contributed by atoms with Crippen LogP contribution in [0.2, 0.25) is 20.1 Å². The predicted molar refractivity (Wildman–Crippen MR) is 114 cm³/mol. The summed E-state index contributed by atoms with van der Waals surface area (Å²) in [5.74, 6) is 0.0368. The molecule has 0 bridgehead atoms. The van der Waals surface area contributed by atoms with Crippen molar-refractivity contribution < 1.29 is 0 Å². The smallest absolute Gasteiger partial charge is 0.197 e. The quantitative estimate of drug-likeness (QED) is 0.136. The molecule has 1 aliphatic carbocycles. The summed E-state index contributed by atoms with van der Waals surface area (Å²) in [5, 5.41) is 17.3. The Bertz CT molecular complexity index is 1110. The van der Waals surface area contributed by atoms with Gasteiger partial charge in [0.2, 0.25) is 0 Å². The van der Waals surface area contributed by atoms with Crippen LogP contribution in [0.1, 0.15) is 11.1 Å². The summed E-state index contributed by atoms with van der Waals surface area (Å²) in [7, 11) is 0. The second-order valence-corrected chi connectivity index (χ2v) is 7.32. The first-order chi connectivity index (χ1) is 12.5. The van der Waals surface area contributed by atoms with Crippen molar-refractivity contribution in [3.05, 3.63) is 67.6 Å². The summed E-state index contributed by atoms with van der Waals surface area (Å²) >= 11 is 24.3. The molecular formula is C19H11Cl4N3. The molecule has 0 unspecified atom stereocenters. The molecule has 4 rings (SSSR count). The largest absolute Gasteiger partial charge is 0.326 e. The first-order valence-corrected chi connectivity index (χ1v) is 9.16. The Hall–Kier alpha value is -1.91. The lowest BCUT2D eigenvalue weighted by molar-refractivity contribution is 1.43. The van der Waals surface area contributed by atoms with E-state index in [9.17, 15) is 0 Å². The van der Waals surface area contributed by atoms with E-state index in [4.69, 9.17) is 51.8 Å². The van der Waals surface area contributed by atoms with Gasteiger partial charge in [0, 0.05) is 11.3 Å². The zero-order valence-corrected chi connectivity index (χ0v) is 16.2. The average Bonchev–Trinajstić information content (AvgIpc) is 3.06. The molecule has 0 fully saturated rings. The molecule has 3 aromatic carbocycles. The third kappa shape index (κ3) is 2.91. The van der Waals surface area contributed by atoms with Gasteiger partial charge in [-0.1, -0.05) is 82.8 Å². The maximum atomic E-state index is 8.23. The van der Waals surface area contributed by atoms with E-state index in [1.54, 1.807) is 0 Å². The highest BCUT2D eigenvalue weighted by atomic mass is 35.5. The highest BCUT2D eigenvalue weighted by Gasteiger charge is 2.16. The second-order valence-electron chi connectivity index (χ2n) is 5.78. The lowest BCUT2D eigenvalue weighted by Gasteiger charge is -2.15. The highest BCUT2D eigenvalue weighted by Crippen LogP contribution is 2.41. The fraction of sp³-hybridized carbons (Fsp3) is 0. The molecule has 3 nitrogen and oxygen atoms in total. The first-order valence-electron chi connectivity index (χ1n) is 7.65. The summed E-state index contributed by atoms with van der Waals surface area (Å²) in [5.41, 5.74) is 3.43. The van der Waals surface area contributed by atoms with Crippen molar-refractivity contribution in [2.45, 2.75) is 0 Å². The van der Waals surface area contributed by atoms with Gasteiger partial charge in [0.05, 0.1) is 25.8 Å². The number of halogens is 4. The van der Waals surface area contributed by atoms with Crippen molar-refractivity contribution in [3.8, 4) is 0 Å². The Kier molecular flexibility index (Phi) is 4.49. The molecule has 0 atom stereocenters. The van der Waals surface area contributed by atoms with E-state index in [-0.39, 0.29) is 26.1 Å². The van der Waals surface area contributed by atoms with Crippen LogP contribution in [0.25, 0.3) is 22.9 Å². The standard InChI is InChI=1S/C19H11Cl4N3/c20-12-8-14(17(22)18(23)16(12)21)26-19(24)25-13-7-5-10-3-1-2-9-4-6-11(13)15(9)10/h1-8H,(H3,24,25,26). The molecule has 0 saturated carbocycles. The molecule has 0 amide bonds. The lowest BCUT2D eigenvalue weighted by atomic mass is 10.0.